The van der Waals surface area contributed by atoms with E-state index < -0.39 is 5.97 Å². The summed E-state index contributed by atoms with van der Waals surface area (Å²) in [6, 6.07) is 8.47. The first kappa shape index (κ1) is 12.1. The molecule has 1 heterocycles. The van der Waals surface area contributed by atoms with Crippen molar-refractivity contribution in [1.29, 1.82) is 0 Å². The van der Waals surface area contributed by atoms with Crippen LogP contribution in [0.2, 0.25) is 0 Å². The molecular weight excluding hydrogens is 230 g/mol. The molecule has 0 amide bonds. The van der Waals surface area contributed by atoms with Gasteiger partial charge in [-0.15, -0.1) is 0 Å². The topological polar surface area (TPSA) is 59.3 Å². The van der Waals surface area contributed by atoms with Gasteiger partial charge in [0.15, 0.2) is 5.78 Å². The van der Waals surface area contributed by atoms with Gasteiger partial charge >= 0.3 is 5.97 Å². The number of hydrogen-bond donors (Lipinski definition) is 1. The van der Waals surface area contributed by atoms with Crippen LogP contribution in [-0.2, 0) is 6.54 Å². The first-order valence-corrected chi connectivity index (χ1v) is 5.55. The molecule has 0 saturated carbocycles. The maximum absolute atomic E-state index is 11.2. The summed E-state index contributed by atoms with van der Waals surface area (Å²) < 4.78 is 1.90. The summed E-state index contributed by atoms with van der Waals surface area (Å²) in [5.74, 6) is -0.892. The minimum Gasteiger partial charge on any atom is -0.478 e. The molecule has 2 aromatic rings. The zero-order chi connectivity index (χ0) is 13.1. The Morgan fingerprint density at radius 2 is 1.78 bits per heavy atom. The fraction of sp³-hybridized carbons (Fsp3) is 0.143. The quantitative estimate of drug-likeness (QED) is 0.839. The van der Waals surface area contributed by atoms with Gasteiger partial charge in [-0.2, -0.15) is 0 Å². The monoisotopic (exact) mass is 243 g/mol. The largest absolute Gasteiger partial charge is 0.478 e. The lowest BCUT2D eigenvalue weighted by Gasteiger charge is -2.03. The average Bonchev–Trinajstić information content (AvgIpc) is 2.78. The van der Waals surface area contributed by atoms with Crippen LogP contribution in [0, 0.1) is 0 Å². The Hall–Kier alpha value is -2.36. The van der Waals surface area contributed by atoms with Crippen molar-refractivity contribution in [3.8, 4) is 0 Å². The van der Waals surface area contributed by atoms with Crippen LogP contribution >= 0.6 is 0 Å². The lowest BCUT2D eigenvalue weighted by atomic mass is 10.1. The smallest absolute Gasteiger partial charge is 0.335 e. The van der Waals surface area contributed by atoms with Crippen LogP contribution in [0.25, 0.3) is 0 Å². The number of aromatic nitrogens is 1. The number of carbonyl (C=O) groups excluding carboxylic acids is 1. The summed E-state index contributed by atoms with van der Waals surface area (Å²) in [5.41, 5.74) is 1.94. The molecule has 4 nitrogen and oxygen atoms in total. The minimum absolute atomic E-state index is 0.0370. The molecule has 0 atom stereocenters. The third-order valence-corrected chi connectivity index (χ3v) is 2.72. The Kier molecular flexibility index (Phi) is 3.28. The lowest BCUT2D eigenvalue weighted by molar-refractivity contribution is 0.0696. The number of nitrogens with zero attached hydrogens (tertiary/aromatic N) is 1. The summed E-state index contributed by atoms with van der Waals surface area (Å²) in [7, 11) is 0. The maximum Gasteiger partial charge on any atom is 0.335 e. The van der Waals surface area contributed by atoms with Crippen LogP contribution in [-0.4, -0.2) is 21.4 Å². The Morgan fingerprint density at radius 3 is 2.28 bits per heavy atom. The fourth-order valence-corrected chi connectivity index (χ4v) is 1.71. The van der Waals surface area contributed by atoms with E-state index in [0.29, 0.717) is 12.1 Å². The number of Topliss-reactive ketones (excluding diaryl/α,β-unsaturated/α-hetero) is 1. The summed E-state index contributed by atoms with van der Waals surface area (Å²) in [6.07, 6.45) is 3.62. The molecule has 0 aliphatic carbocycles. The Morgan fingerprint density at radius 1 is 1.11 bits per heavy atom. The van der Waals surface area contributed by atoms with E-state index in [4.69, 9.17) is 5.11 Å². The molecule has 18 heavy (non-hydrogen) atoms. The van der Waals surface area contributed by atoms with Gasteiger partial charge in [0.1, 0.15) is 0 Å². The van der Waals surface area contributed by atoms with Crippen LogP contribution in [0.3, 0.4) is 0 Å². The van der Waals surface area contributed by atoms with Crippen molar-refractivity contribution in [3.63, 3.8) is 0 Å². The standard InChI is InChI=1S/C14H13NO3/c1-10(16)13-6-7-15(9-13)8-11-2-4-12(5-3-11)14(17)18/h2-7,9H,8H2,1H3,(H,17,18). The number of ketones is 1. The number of aromatic carboxylic acids is 1. The summed E-state index contributed by atoms with van der Waals surface area (Å²) in [6.45, 7) is 2.15. The first-order chi connectivity index (χ1) is 8.56. The van der Waals surface area contributed by atoms with Crippen LogP contribution in [0.4, 0.5) is 0 Å². The van der Waals surface area contributed by atoms with Crippen LogP contribution in [0.15, 0.2) is 42.7 Å². The fourth-order valence-electron chi connectivity index (χ4n) is 1.71. The average molecular weight is 243 g/mol. The highest BCUT2D eigenvalue weighted by Gasteiger charge is 2.04. The molecule has 0 radical (unpaired) electrons. The number of hydrogen-bond acceptors (Lipinski definition) is 2. The van der Waals surface area contributed by atoms with Gasteiger partial charge < -0.3 is 9.67 Å². The molecule has 0 aliphatic rings. The number of carbonyl (C=O) groups is 2. The zero-order valence-electron chi connectivity index (χ0n) is 9.96. The van der Waals surface area contributed by atoms with E-state index in [1.165, 1.54) is 6.92 Å². The van der Waals surface area contributed by atoms with Crippen molar-refractivity contribution in [2.45, 2.75) is 13.5 Å². The van der Waals surface area contributed by atoms with Gasteiger partial charge in [0, 0.05) is 24.5 Å². The highest BCUT2D eigenvalue weighted by Crippen LogP contribution is 2.09. The Balaban J connectivity index is 2.13. The van der Waals surface area contributed by atoms with E-state index >= 15 is 0 Å². The van der Waals surface area contributed by atoms with Gasteiger partial charge in [0.05, 0.1) is 5.56 Å². The molecule has 1 aromatic heterocycles. The van der Waals surface area contributed by atoms with Crippen molar-refractivity contribution < 1.29 is 14.7 Å². The molecule has 1 N–H and O–H groups in total. The van der Waals surface area contributed by atoms with E-state index in [-0.39, 0.29) is 11.3 Å². The van der Waals surface area contributed by atoms with Crippen molar-refractivity contribution in [3.05, 3.63) is 59.4 Å². The highest BCUT2D eigenvalue weighted by molar-refractivity contribution is 5.93. The van der Waals surface area contributed by atoms with Gasteiger partial charge in [-0.25, -0.2) is 4.79 Å². The molecule has 0 fully saturated rings. The van der Waals surface area contributed by atoms with Crippen molar-refractivity contribution in [2.24, 2.45) is 0 Å². The second-order valence-electron chi connectivity index (χ2n) is 4.13. The number of carboxylic acid groups (broad SMARTS) is 1. The van der Waals surface area contributed by atoms with E-state index in [9.17, 15) is 9.59 Å². The van der Waals surface area contributed by atoms with Gasteiger partial charge in [-0.3, -0.25) is 4.79 Å². The van der Waals surface area contributed by atoms with Crippen molar-refractivity contribution in [1.82, 2.24) is 4.57 Å². The molecule has 1 aromatic carbocycles. The van der Waals surface area contributed by atoms with Gasteiger partial charge in [0.25, 0.3) is 0 Å². The van der Waals surface area contributed by atoms with Gasteiger partial charge in [-0.1, -0.05) is 12.1 Å². The Bertz CT molecular complexity index is 581. The predicted octanol–water partition coefficient (Wildman–Crippen LogP) is 2.44. The number of benzene rings is 1. The van der Waals surface area contributed by atoms with E-state index in [2.05, 4.69) is 0 Å². The maximum atomic E-state index is 11.2. The molecule has 2 rings (SSSR count). The molecule has 0 aliphatic heterocycles. The zero-order valence-corrected chi connectivity index (χ0v) is 9.96. The van der Waals surface area contributed by atoms with Gasteiger partial charge in [-0.05, 0) is 30.7 Å². The van der Waals surface area contributed by atoms with Crippen molar-refractivity contribution in [2.75, 3.05) is 0 Å². The second-order valence-corrected chi connectivity index (χ2v) is 4.13. The van der Waals surface area contributed by atoms with E-state index in [1.807, 2.05) is 10.8 Å². The molecule has 0 saturated heterocycles. The van der Waals surface area contributed by atoms with E-state index in [0.717, 1.165) is 5.56 Å². The third kappa shape index (κ3) is 2.66. The molecule has 0 unspecified atom stereocenters. The predicted molar refractivity (Wildman–Crippen MR) is 66.9 cm³/mol. The molecule has 4 heteroatoms. The van der Waals surface area contributed by atoms with Crippen LogP contribution in [0.1, 0.15) is 33.2 Å². The number of carboxylic acids is 1. The highest BCUT2D eigenvalue weighted by atomic mass is 16.4. The third-order valence-electron chi connectivity index (χ3n) is 2.72. The van der Waals surface area contributed by atoms with Crippen LogP contribution < -0.4 is 0 Å². The lowest BCUT2D eigenvalue weighted by Crippen LogP contribution is -1.99. The minimum atomic E-state index is -0.929. The van der Waals surface area contributed by atoms with Crippen LogP contribution in [0.5, 0.6) is 0 Å². The van der Waals surface area contributed by atoms with Gasteiger partial charge in [0.2, 0.25) is 0 Å². The molecule has 0 bridgehead atoms. The SMILES string of the molecule is CC(=O)c1ccn(Cc2ccc(C(=O)O)cc2)c1. The summed E-state index contributed by atoms with van der Waals surface area (Å²) >= 11 is 0. The molecular formula is C14H13NO3. The number of rotatable bonds is 4. The van der Waals surface area contributed by atoms with E-state index in [1.54, 1.807) is 36.5 Å². The van der Waals surface area contributed by atoms with Crippen molar-refractivity contribution >= 4 is 11.8 Å². The first-order valence-electron chi connectivity index (χ1n) is 5.55. The molecule has 0 spiro atoms. The summed E-state index contributed by atoms with van der Waals surface area (Å²) in [5, 5.41) is 8.79. The second kappa shape index (κ2) is 4.87. The summed E-state index contributed by atoms with van der Waals surface area (Å²) in [4.78, 5) is 21.9. The Labute approximate surface area is 104 Å². The molecule has 92 valence electrons. The normalized spacial score (nSPS) is 10.3.